The quantitative estimate of drug-likeness (QED) is 0.597. The zero-order chi connectivity index (χ0) is 23.0. The van der Waals surface area contributed by atoms with Crippen LogP contribution in [0.2, 0.25) is 0 Å². The molecule has 7 nitrogen and oxygen atoms in total. The standard InChI is InChI=1S/C24H28N4O3S/c1-24(2,3)15-9-10-19-14(11-15)12-20(32-19)22(30)26-25-21(29)13-18-16-7-5-6-8-17(16)23(31)28(4)27-18/h5-8,12,15H,9-11,13H2,1-4H3,(H,25,29)(H,26,30). The summed E-state index contributed by atoms with van der Waals surface area (Å²) < 4.78 is 1.23. The van der Waals surface area contributed by atoms with Crippen LogP contribution in [0.5, 0.6) is 0 Å². The van der Waals surface area contributed by atoms with E-state index in [2.05, 4.69) is 36.7 Å². The van der Waals surface area contributed by atoms with Crippen LogP contribution in [0.1, 0.15) is 53.0 Å². The summed E-state index contributed by atoms with van der Waals surface area (Å²) in [5.41, 5.74) is 6.76. The molecule has 1 aliphatic carbocycles. The lowest BCUT2D eigenvalue weighted by atomic mass is 9.72. The Labute approximate surface area is 190 Å². The van der Waals surface area contributed by atoms with Gasteiger partial charge in [-0.05, 0) is 48.3 Å². The first-order valence-corrected chi connectivity index (χ1v) is 11.6. The number of rotatable bonds is 3. The normalized spacial score (nSPS) is 15.9. The molecule has 0 aliphatic heterocycles. The average Bonchev–Trinajstić information content (AvgIpc) is 3.18. The van der Waals surface area contributed by atoms with Crippen LogP contribution in [0, 0.1) is 11.3 Å². The number of aromatic nitrogens is 2. The third-order valence-electron chi connectivity index (χ3n) is 6.21. The van der Waals surface area contributed by atoms with Crippen molar-refractivity contribution in [2.45, 2.75) is 46.5 Å². The second kappa shape index (κ2) is 8.50. The first-order chi connectivity index (χ1) is 15.1. The van der Waals surface area contributed by atoms with E-state index in [0.29, 0.717) is 27.3 Å². The van der Waals surface area contributed by atoms with Crippen LogP contribution < -0.4 is 16.4 Å². The molecule has 0 saturated carbocycles. The van der Waals surface area contributed by atoms with Gasteiger partial charge in [0, 0.05) is 17.3 Å². The molecule has 168 valence electrons. The summed E-state index contributed by atoms with van der Waals surface area (Å²) in [5.74, 6) is -0.114. The summed E-state index contributed by atoms with van der Waals surface area (Å²) in [4.78, 5) is 39.2. The van der Waals surface area contributed by atoms with Crippen molar-refractivity contribution in [2.75, 3.05) is 0 Å². The highest BCUT2D eigenvalue weighted by atomic mass is 32.1. The minimum absolute atomic E-state index is 0.0525. The maximum Gasteiger partial charge on any atom is 0.279 e. The number of hydrazine groups is 1. The Hall–Kier alpha value is -3.00. The van der Waals surface area contributed by atoms with E-state index < -0.39 is 5.91 Å². The molecule has 0 radical (unpaired) electrons. The van der Waals surface area contributed by atoms with Gasteiger partial charge in [-0.15, -0.1) is 11.3 Å². The average molecular weight is 453 g/mol. The molecule has 0 fully saturated rings. The number of nitrogens with zero attached hydrogens (tertiary/aromatic N) is 2. The van der Waals surface area contributed by atoms with Gasteiger partial charge in [0.1, 0.15) is 0 Å². The number of hydrogen-bond donors (Lipinski definition) is 2. The maximum atomic E-state index is 12.6. The molecule has 0 spiro atoms. The van der Waals surface area contributed by atoms with Gasteiger partial charge < -0.3 is 0 Å². The molecule has 0 bridgehead atoms. The molecule has 1 unspecified atom stereocenters. The maximum absolute atomic E-state index is 12.6. The van der Waals surface area contributed by atoms with E-state index in [0.717, 1.165) is 19.3 Å². The fourth-order valence-electron chi connectivity index (χ4n) is 4.27. The molecule has 0 saturated heterocycles. The Morgan fingerprint density at radius 2 is 1.91 bits per heavy atom. The number of aryl methyl sites for hydroxylation is 2. The molecular weight excluding hydrogens is 424 g/mol. The molecule has 1 atom stereocenters. The smallest absolute Gasteiger partial charge is 0.273 e. The van der Waals surface area contributed by atoms with Crippen molar-refractivity contribution in [1.29, 1.82) is 0 Å². The van der Waals surface area contributed by atoms with Crippen LogP contribution in [0.25, 0.3) is 10.8 Å². The van der Waals surface area contributed by atoms with Gasteiger partial charge in [0.05, 0.1) is 22.4 Å². The second-order valence-electron chi connectivity index (χ2n) is 9.46. The van der Waals surface area contributed by atoms with Crippen molar-refractivity contribution in [2.24, 2.45) is 18.4 Å². The predicted octanol–water partition coefficient (Wildman–Crippen LogP) is 3.15. The highest BCUT2D eigenvalue weighted by Crippen LogP contribution is 2.40. The molecule has 32 heavy (non-hydrogen) atoms. The van der Waals surface area contributed by atoms with Crippen LogP contribution in [0.3, 0.4) is 0 Å². The number of benzene rings is 1. The van der Waals surface area contributed by atoms with Gasteiger partial charge in [0.15, 0.2) is 0 Å². The Morgan fingerprint density at radius 3 is 2.62 bits per heavy atom. The molecule has 4 rings (SSSR count). The minimum Gasteiger partial charge on any atom is -0.273 e. The van der Waals surface area contributed by atoms with E-state index in [4.69, 9.17) is 0 Å². The zero-order valence-electron chi connectivity index (χ0n) is 18.8. The Kier molecular flexibility index (Phi) is 5.90. The second-order valence-corrected chi connectivity index (χ2v) is 10.6. The Morgan fingerprint density at radius 1 is 1.19 bits per heavy atom. The topological polar surface area (TPSA) is 93.1 Å². The van der Waals surface area contributed by atoms with Crippen LogP contribution in [-0.4, -0.2) is 21.6 Å². The molecule has 1 aromatic carbocycles. The highest BCUT2D eigenvalue weighted by Gasteiger charge is 2.30. The summed E-state index contributed by atoms with van der Waals surface area (Å²) in [6.45, 7) is 6.79. The molecule has 2 amide bonds. The van der Waals surface area contributed by atoms with E-state index in [1.54, 1.807) is 31.3 Å². The highest BCUT2D eigenvalue weighted by molar-refractivity contribution is 7.14. The predicted molar refractivity (Wildman–Crippen MR) is 126 cm³/mol. The van der Waals surface area contributed by atoms with Gasteiger partial charge >= 0.3 is 0 Å². The Balaban J connectivity index is 1.41. The monoisotopic (exact) mass is 452 g/mol. The number of carbonyl (C=O) groups is 2. The van der Waals surface area contributed by atoms with Crippen molar-refractivity contribution >= 4 is 33.9 Å². The van der Waals surface area contributed by atoms with Crippen molar-refractivity contribution in [3.63, 3.8) is 0 Å². The molecule has 2 N–H and O–H groups in total. The third-order valence-corrected chi connectivity index (χ3v) is 7.44. The molecule has 1 aliphatic rings. The number of carbonyl (C=O) groups excluding carboxylic acids is 2. The summed E-state index contributed by atoms with van der Waals surface area (Å²) in [7, 11) is 1.56. The number of thiophene rings is 1. The fourth-order valence-corrected chi connectivity index (χ4v) is 5.37. The first-order valence-electron chi connectivity index (χ1n) is 10.8. The largest absolute Gasteiger partial charge is 0.279 e. The van der Waals surface area contributed by atoms with E-state index >= 15 is 0 Å². The van der Waals surface area contributed by atoms with Crippen molar-refractivity contribution in [3.8, 4) is 0 Å². The molecule has 2 aromatic heterocycles. The van der Waals surface area contributed by atoms with Gasteiger partial charge in [-0.1, -0.05) is 39.0 Å². The lowest BCUT2D eigenvalue weighted by Crippen LogP contribution is -2.42. The van der Waals surface area contributed by atoms with E-state index in [1.165, 1.54) is 26.5 Å². The van der Waals surface area contributed by atoms with Crippen LogP contribution in [0.4, 0.5) is 0 Å². The Bertz CT molecular complexity index is 1250. The van der Waals surface area contributed by atoms with Crippen molar-refractivity contribution in [3.05, 3.63) is 61.7 Å². The van der Waals surface area contributed by atoms with E-state index in [-0.39, 0.29) is 23.3 Å². The molecular formula is C24H28N4O3S. The van der Waals surface area contributed by atoms with Gasteiger partial charge in [-0.2, -0.15) is 5.10 Å². The van der Waals surface area contributed by atoms with Gasteiger partial charge in [-0.3, -0.25) is 25.2 Å². The van der Waals surface area contributed by atoms with E-state index in [9.17, 15) is 14.4 Å². The number of hydrogen-bond acceptors (Lipinski definition) is 5. The fraction of sp³-hybridized carbons (Fsp3) is 0.417. The van der Waals surface area contributed by atoms with Gasteiger partial charge in [0.25, 0.3) is 11.5 Å². The first kappa shape index (κ1) is 22.2. The SMILES string of the molecule is Cn1nc(CC(=O)NNC(=O)c2cc3c(s2)CCC(C(C)(C)C)C3)c2ccccc2c1=O. The van der Waals surface area contributed by atoms with Gasteiger partial charge in [-0.25, -0.2) is 4.68 Å². The lowest BCUT2D eigenvalue weighted by molar-refractivity contribution is -0.121. The summed E-state index contributed by atoms with van der Waals surface area (Å²) >= 11 is 1.50. The molecule has 3 aromatic rings. The summed E-state index contributed by atoms with van der Waals surface area (Å²) in [6, 6.07) is 9.02. The number of amides is 2. The summed E-state index contributed by atoms with van der Waals surface area (Å²) in [6.07, 6.45) is 3.06. The van der Waals surface area contributed by atoms with Crippen LogP contribution in [-0.2, 0) is 31.1 Å². The van der Waals surface area contributed by atoms with Crippen LogP contribution >= 0.6 is 11.3 Å². The zero-order valence-corrected chi connectivity index (χ0v) is 19.6. The van der Waals surface area contributed by atoms with Gasteiger partial charge in [0.2, 0.25) is 5.91 Å². The lowest BCUT2D eigenvalue weighted by Gasteiger charge is -2.33. The third kappa shape index (κ3) is 4.46. The number of nitrogens with one attached hydrogen (secondary N) is 2. The van der Waals surface area contributed by atoms with Crippen molar-refractivity contribution < 1.29 is 9.59 Å². The van der Waals surface area contributed by atoms with Crippen LogP contribution in [0.15, 0.2) is 35.1 Å². The molecule has 8 heteroatoms. The van der Waals surface area contributed by atoms with Crippen molar-refractivity contribution in [1.82, 2.24) is 20.6 Å². The number of fused-ring (bicyclic) bond motifs is 2. The summed E-state index contributed by atoms with van der Waals surface area (Å²) in [5, 5.41) is 5.37. The van der Waals surface area contributed by atoms with E-state index in [1.807, 2.05) is 6.07 Å². The molecule has 2 heterocycles. The minimum atomic E-state index is -0.399.